The third-order valence-corrected chi connectivity index (χ3v) is 5.43. The Balaban J connectivity index is 1.53. The van der Waals surface area contributed by atoms with E-state index in [1.54, 1.807) is 10.8 Å². The number of ether oxygens (including phenoxy) is 1. The van der Waals surface area contributed by atoms with Gasteiger partial charge in [-0.1, -0.05) is 18.2 Å². The summed E-state index contributed by atoms with van der Waals surface area (Å²) in [7, 11) is -3.85. The van der Waals surface area contributed by atoms with Crippen molar-refractivity contribution in [2.75, 3.05) is 4.72 Å². The Morgan fingerprint density at radius 2 is 1.48 bits per heavy atom. The van der Waals surface area contributed by atoms with Crippen molar-refractivity contribution in [3.8, 4) is 17.2 Å². The van der Waals surface area contributed by atoms with Crippen LogP contribution in [-0.4, -0.2) is 18.0 Å². The van der Waals surface area contributed by atoms with Crippen molar-refractivity contribution in [2.45, 2.75) is 4.90 Å². The fourth-order valence-electron chi connectivity index (χ4n) is 2.68. The largest absolute Gasteiger partial charge is 0.457 e. The Labute approximate surface area is 167 Å². The zero-order valence-corrected chi connectivity index (χ0v) is 15.9. The SMILES string of the molecule is O=S(=O)(Nc1nccn1-c1ccccc1)c1ccc(Oc2ccc(F)cc2)cc1. The molecule has 1 aromatic heterocycles. The molecule has 4 rings (SSSR count). The first-order valence-electron chi connectivity index (χ1n) is 8.66. The van der Waals surface area contributed by atoms with E-state index in [4.69, 9.17) is 4.74 Å². The predicted octanol–water partition coefficient (Wildman–Crippen LogP) is 4.60. The molecule has 8 heteroatoms. The first-order valence-corrected chi connectivity index (χ1v) is 10.1. The Kier molecular flexibility index (Phi) is 5.01. The molecule has 0 saturated carbocycles. The summed E-state index contributed by atoms with van der Waals surface area (Å²) in [5, 5.41) is 0. The van der Waals surface area contributed by atoms with E-state index in [0.717, 1.165) is 5.69 Å². The topological polar surface area (TPSA) is 73.2 Å². The van der Waals surface area contributed by atoms with Crippen molar-refractivity contribution < 1.29 is 17.5 Å². The molecule has 1 N–H and O–H groups in total. The van der Waals surface area contributed by atoms with Crippen LogP contribution in [0.1, 0.15) is 0 Å². The van der Waals surface area contributed by atoms with E-state index in [1.807, 2.05) is 30.3 Å². The molecule has 0 amide bonds. The predicted molar refractivity (Wildman–Crippen MR) is 107 cm³/mol. The number of aromatic nitrogens is 2. The van der Waals surface area contributed by atoms with Crippen LogP contribution in [0.15, 0.2) is 96.2 Å². The number of rotatable bonds is 6. The molecule has 0 aliphatic rings. The lowest BCUT2D eigenvalue weighted by atomic mass is 10.3. The molecule has 6 nitrogen and oxygen atoms in total. The molecule has 0 radical (unpaired) electrons. The third kappa shape index (κ3) is 4.27. The van der Waals surface area contributed by atoms with Gasteiger partial charge in [-0.05, 0) is 60.7 Å². The molecule has 0 atom stereocenters. The van der Waals surface area contributed by atoms with Crippen LogP contribution in [-0.2, 0) is 10.0 Å². The molecule has 0 spiro atoms. The highest BCUT2D eigenvalue weighted by atomic mass is 32.2. The van der Waals surface area contributed by atoms with Gasteiger partial charge in [-0.3, -0.25) is 4.57 Å². The van der Waals surface area contributed by atoms with Gasteiger partial charge in [0, 0.05) is 18.1 Å². The smallest absolute Gasteiger partial charge is 0.264 e. The van der Waals surface area contributed by atoms with Crippen molar-refractivity contribution >= 4 is 16.0 Å². The van der Waals surface area contributed by atoms with Crippen LogP contribution in [0.3, 0.4) is 0 Å². The van der Waals surface area contributed by atoms with Gasteiger partial charge in [0.05, 0.1) is 4.90 Å². The standard InChI is InChI=1S/C21H16FN3O3S/c22-16-6-8-18(9-7-16)28-19-10-12-20(13-11-19)29(26,27)24-21-23-14-15-25(21)17-4-2-1-3-5-17/h1-15H,(H,23,24). The van der Waals surface area contributed by atoms with Crippen LogP contribution < -0.4 is 9.46 Å². The van der Waals surface area contributed by atoms with Crippen molar-refractivity contribution in [3.05, 3.63) is 97.1 Å². The molecule has 0 saturated heterocycles. The van der Waals surface area contributed by atoms with Crippen molar-refractivity contribution in [3.63, 3.8) is 0 Å². The van der Waals surface area contributed by atoms with E-state index in [9.17, 15) is 12.8 Å². The van der Waals surface area contributed by atoms with E-state index >= 15 is 0 Å². The van der Waals surface area contributed by atoms with Crippen molar-refractivity contribution in [1.29, 1.82) is 0 Å². The molecule has 0 unspecified atom stereocenters. The minimum Gasteiger partial charge on any atom is -0.457 e. The quantitative estimate of drug-likeness (QED) is 0.505. The third-order valence-electron chi connectivity index (χ3n) is 4.08. The number of anilines is 1. The summed E-state index contributed by atoms with van der Waals surface area (Å²) in [6.07, 6.45) is 3.19. The van der Waals surface area contributed by atoms with Gasteiger partial charge in [0.2, 0.25) is 5.95 Å². The fourth-order valence-corrected chi connectivity index (χ4v) is 3.68. The number of nitrogens with one attached hydrogen (secondary N) is 1. The molecule has 146 valence electrons. The highest BCUT2D eigenvalue weighted by molar-refractivity contribution is 7.92. The first kappa shape index (κ1) is 18.7. The lowest BCUT2D eigenvalue weighted by Gasteiger charge is -2.11. The Bertz CT molecular complexity index is 1210. The summed E-state index contributed by atoms with van der Waals surface area (Å²) in [6.45, 7) is 0. The van der Waals surface area contributed by atoms with Gasteiger partial charge in [-0.2, -0.15) is 0 Å². The number of hydrogen-bond acceptors (Lipinski definition) is 4. The van der Waals surface area contributed by atoms with E-state index in [1.165, 1.54) is 54.7 Å². The summed E-state index contributed by atoms with van der Waals surface area (Å²) in [6, 6.07) is 20.7. The molecule has 0 aliphatic carbocycles. The summed E-state index contributed by atoms with van der Waals surface area (Å²) < 4.78 is 48.2. The minimum absolute atomic E-state index is 0.0616. The molecule has 3 aromatic carbocycles. The Morgan fingerprint density at radius 1 is 0.862 bits per heavy atom. The number of sulfonamides is 1. The summed E-state index contributed by atoms with van der Waals surface area (Å²) in [5.74, 6) is 0.702. The van der Waals surface area contributed by atoms with Crippen LogP contribution in [0.5, 0.6) is 11.5 Å². The summed E-state index contributed by atoms with van der Waals surface area (Å²) >= 11 is 0. The van der Waals surface area contributed by atoms with Crippen molar-refractivity contribution in [2.24, 2.45) is 0 Å². The lowest BCUT2D eigenvalue weighted by Crippen LogP contribution is -2.16. The number of imidazole rings is 1. The van der Waals surface area contributed by atoms with Gasteiger partial charge in [0.1, 0.15) is 17.3 Å². The lowest BCUT2D eigenvalue weighted by molar-refractivity contribution is 0.480. The average Bonchev–Trinajstić information content (AvgIpc) is 3.18. The fraction of sp³-hybridized carbons (Fsp3) is 0. The maximum Gasteiger partial charge on any atom is 0.264 e. The summed E-state index contributed by atoms with van der Waals surface area (Å²) in [4.78, 5) is 4.16. The molecule has 29 heavy (non-hydrogen) atoms. The normalized spacial score (nSPS) is 11.2. The van der Waals surface area contributed by atoms with Crippen molar-refractivity contribution in [1.82, 2.24) is 9.55 Å². The van der Waals surface area contributed by atoms with Crippen LogP contribution in [0.25, 0.3) is 5.69 Å². The average molecular weight is 409 g/mol. The minimum atomic E-state index is -3.85. The zero-order chi connectivity index (χ0) is 20.3. The summed E-state index contributed by atoms with van der Waals surface area (Å²) in [5.41, 5.74) is 0.783. The second-order valence-corrected chi connectivity index (χ2v) is 7.77. The molecule has 4 aromatic rings. The first-order chi connectivity index (χ1) is 14.0. The maximum atomic E-state index is 13.0. The highest BCUT2D eigenvalue weighted by Gasteiger charge is 2.17. The second kappa shape index (κ2) is 7.76. The van der Waals surface area contributed by atoms with Gasteiger partial charge < -0.3 is 4.74 Å². The molecular formula is C21H16FN3O3S. The van der Waals surface area contributed by atoms with Gasteiger partial charge in [-0.15, -0.1) is 0 Å². The van der Waals surface area contributed by atoms with Crippen LogP contribution in [0.2, 0.25) is 0 Å². The Hall–Kier alpha value is -3.65. The number of benzene rings is 3. The number of para-hydroxylation sites is 1. The van der Waals surface area contributed by atoms with Crippen LogP contribution in [0.4, 0.5) is 10.3 Å². The monoisotopic (exact) mass is 409 g/mol. The Morgan fingerprint density at radius 3 is 2.14 bits per heavy atom. The van der Waals surface area contributed by atoms with Gasteiger partial charge in [0.25, 0.3) is 10.0 Å². The molecular weight excluding hydrogens is 393 g/mol. The zero-order valence-electron chi connectivity index (χ0n) is 15.1. The highest BCUT2D eigenvalue weighted by Crippen LogP contribution is 2.24. The van der Waals surface area contributed by atoms with Gasteiger partial charge in [-0.25, -0.2) is 22.5 Å². The molecule has 0 bridgehead atoms. The number of hydrogen-bond donors (Lipinski definition) is 1. The number of halogens is 1. The van der Waals surface area contributed by atoms with E-state index in [2.05, 4.69) is 9.71 Å². The maximum absolute atomic E-state index is 13.0. The second-order valence-electron chi connectivity index (χ2n) is 6.09. The number of nitrogens with zero attached hydrogens (tertiary/aromatic N) is 2. The van der Waals surface area contributed by atoms with Gasteiger partial charge in [0.15, 0.2) is 0 Å². The van der Waals surface area contributed by atoms with E-state index in [-0.39, 0.29) is 16.7 Å². The molecule has 0 aliphatic heterocycles. The van der Waals surface area contributed by atoms with E-state index in [0.29, 0.717) is 11.5 Å². The van der Waals surface area contributed by atoms with Gasteiger partial charge >= 0.3 is 0 Å². The molecule has 0 fully saturated rings. The van der Waals surface area contributed by atoms with E-state index < -0.39 is 10.0 Å². The molecule has 1 heterocycles. The van der Waals surface area contributed by atoms with Crippen LogP contribution in [0, 0.1) is 5.82 Å². The van der Waals surface area contributed by atoms with Crippen LogP contribution >= 0.6 is 0 Å².